The van der Waals surface area contributed by atoms with E-state index >= 15 is 0 Å². The van der Waals surface area contributed by atoms with Crippen LogP contribution in [0.2, 0.25) is 5.02 Å². The van der Waals surface area contributed by atoms with Gasteiger partial charge in [0.05, 0.1) is 23.8 Å². The van der Waals surface area contributed by atoms with Crippen molar-refractivity contribution in [2.45, 2.75) is 49.3 Å². The monoisotopic (exact) mass is 477 g/mol. The molecule has 10 heteroatoms. The Balaban J connectivity index is 1.35. The number of benzene rings is 1. The third-order valence-corrected chi connectivity index (χ3v) is 6.86. The van der Waals surface area contributed by atoms with Crippen LogP contribution in [-0.4, -0.2) is 52.8 Å². The number of nitrogens with zero attached hydrogens (tertiary/aromatic N) is 1. The third-order valence-electron chi connectivity index (χ3n) is 6.55. The van der Waals surface area contributed by atoms with E-state index in [1.807, 2.05) is 0 Å². The second-order valence-electron chi connectivity index (χ2n) is 8.60. The number of aromatic nitrogens is 1. The molecule has 5 rings (SSSR count). The van der Waals surface area contributed by atoms with E-state index in [0.717, 1.165) is 6.07 Å². The number of carbonyl (C=O) groups is 2. The van der Waals surface area contributed by atoms with Crippen LogP contribution < -0.4 is 20.1 Å². The Hall–Kier alpha value is -2.91. The largest absolute Gasteiger partial charge is 0.497 e. The fraction of sp³-hybridized carbons (Fsp3) is 0.435. The summed E-state index contributed by atoms with van der Waals surface area (Å²) in [6.45, 7) is -0.321. The number of aliphatic hydroxyl groups is 1. The van der Waals surface area contributed by atoms with Crippen LogP contribution in [0.25, 0.3) is 0 Å². The van der Waals surface area contributed by atoms with Crippen LogP contribution in [0.5, 0.6) is 11.5 Å². The number of hydrogen-bond acceptors (Lipinski definition) is 6. The lowest BCUT2D eigenvalue weighted by Gasteiger charge is -2.56. The van der Waals surface area contributed by atoms with Gasteiger partial charge in [-0.15, -0.1) is 0 Å². The number of methoxy groups -OCH3 is 1. The molecule has 0 saturated heterocycles. The zero-order valence-electron chi connectivity index (χ0n) is 18.1. The first-order valence-electron chi connectivity index (χ1n) is 10.6. The molecular formula is C23H25ClFN3O5. The number of amides is 2. The number of fused-ring (bicyclic) bond motifs is 3. The zero-order valence-corrected chi connectivity index (χ0v) is 18.8. The summed E-state index contributed by atoms with van der Waals surface area (Å²) in [6, 6.07) is 7.15. The topological polar surface area (TPSA) is 110 Å². The van der Waals surface area contributed by atoms with Gasteiger partial charge in [0.25, 0.3) is 11.8 Å². The van der Waals surface area contributed by atoms with Crippen molar-refractivity contribution in [1.29, 1.82) is 0 Å². The molecule has 0 aliphatic heterocycles. The molecule has 3 saturated carbocycles. The molecule has 2 aromatic rings. The quantitative estimate of drug-likeness (QED) is 0.565. The molecule has 0 spiro atoms. The summed E-state index contributed by atoms with van der Waals surface area (Å²) >= 11 is 5.65. The molecule has 3 aliphatic rings. The van der Waals surface area contributed by atoms with Crippen LogP contribution in [0.4, 0.5) is 4.39 Å². The molecule has 176 valence electrons. The first-order chi connectivity index (χ1) is 15.7. The summed E-state index contributed by atoms with van der Waals surface area (Å²) in [4.78, 5) is 29.4. The van der Waals surface area contributed by atoms with Crippen molar-refractivity contribution < 1.29 is 28.6 Å². The third kappa shape index (κ3) is 4.89. The Labute approximate surface area is 195 Å². The van der Waals surface area contributed by atoms with Gasteiger partial charge in [-0.1, -0.05) is 11.6 Å². The fourth-order valence-corrected chi connectivity index (χ4v) is 4.78. The smallest absolute Gasteiger partial charge is 0.270 e. The molecule has 8 nitrogen and oxygen atoms in total. The van der Waals surface area contributed by atoms with E-state index in [-0.39, 0.29) is 29.0 Å². The van der Waals surface area contributed by atoms with Gasteiger partial charge in [0.1, 0.15) is 23.0 Å². The van der Waals surface area contributed by atoms with Gasteiger partial charge in [-0.25, -0.2) is 4.39 Å². The van der Waals surface area contributed by atoms with Crippen LogP contribution in [0.3, 0.4) is 0 Å². The van der Waals surface area contributed by atoms with Gasteiger partial charge in [-0.3, -0.25) is 14.6 Å². The Bertz CT molecular complexity index is 1060. The molecule has 1 atom stereocenters. The highest BCUT2D eigenvalue weighted by atomic mass is 35.5. The van der Waals surface area contributed by atoms with E-state index < -0.39 is 28.9 Å². The Kier molecular flexibility index (Phi) is 6.45. The average molecular weight is 478 g/mol. The van der Waals surface area contributed by atoms with Crippen molar-refractivity contribution in [2.24, 2.45) is 0 Å². The van der Waals surface area contributed by atoms with Gasteiger partial charge >= 0.3 is 0 Å². The maximum absolute atomic E-state index is 13.5. The highest BCUT2D eigenvalue weighted by Gasteiger charge is 2.55. The molecule has 2 amide bonds. The number of halogens is 2. The van der Waals surface area contributed by atoms with E-state index in [1.165, 1.54) is 25.4 Å². The van der Waals surface area contributed by atoms with Crippen molar-refractivity contribution in [1.82, 2.24) is 15.6 Å². The summed E-state index contributed by atoms with van der Waals surface area (Å²) in [5.41, 5.74) is -1.11. The number of hydrogen-bond donors (Lipinski definition) is 3. The van der Waals surface area contributed by atoms with Crippen LogP contribution in [0.1, 0.15) is 42.6 Å². The normalized spacial score (nSPS) is 25.9. The second-order valence-corrected chi connectivity index (χ2v) is 9.01. The van der Waals surface area contributed by atoms with E-state index in [4.69, 9.17) is 21.1 Å². The lowest BCUT2D eigenvalue weighted by molar-refractivity contribution is -0.132. The molecule has 1 heterocycles. The predicted molar refractivity (Wildman–Crippen MR) is 118 cm³/mol. The number of carbonyl (C=O) groups excluding carboxylic acids is 2. The molecule has 33 heavy (non-hydrogen) atoms. The molecule has 1 unspecified atom stereocenters. The number of ether oxygens (including phenoxy) is 2. The maximum atomic E-state index is 13.5. The van der Waals surface area contributed by atoms with E-state index in [0.29, 0.717) is 37.9 Å². The van der Waals surface area contributed by atoms with Gasteiger partial charge in [0, 0.05) is 23.9 Å². The van der Waals surface area contributed by atoms with Crippen LogP contribution in [0, 0.1) is 5.82 Å². The summed E-state index contributed by atoms with van der Waals surface area (Å²) in [6.07, 6.45) is 3.18. The summed E-state index contributed by atoms with van der Waals surface area (Å²) < 4.78 is 24.0. The van der Waals surface area contributed by atoms with Crippen LogP contribution in [0.15, 0.2) is 36.5 Å². The molecule has 3 N–H and O–H groups in total. The number of pyridine rings is 1. The van der Waals surface area contributed by atoms with Gasteiger partial charge in [0.15, 0.2) is 6.61 Å². The Morgan fingerprint density at radius 1 is 1.18 bits per heavy atom. The standard InChI is InChI=1S/C23H25ClFN3O5/c1-32-14-4-9-26-18(11-14)21(31)28-22-5-7-23(8-6-22,19(29)12-22)27-20(30)13-33-15-2-3-16(24)17(25)10-15/h2-4,9-11,19,29H,5-8,12-13H2,1H3,(H,27,30)(H,28,31). The van der Waals surface area contributed by atoms with Gasteiger partial charge in [-0.2, -0.15) is 0 Å². The summed E-state index contributed by atoms with van der Waals surface area (Å²) in [5.74, 6) is -0.659. The highest BCUT2D eigenvalue weighted by Crippen LogP contribution is 2.47. The van der Waals surface area contributed by atoms with Crippen molar-refractivity contribution >= 4 is 23.4 Å². The molecule has 2 bridgehead atoms. The number of nitrogens with one attached hydrogen (secondary N) is 2. The van der Waals surface area contributed by atoms with Crippen molar-refractivity contribution in [3.63, 3.8) is 0 Å². The SMILES string of the molecule is COc1ccnc(C(=O)NC23CCC(NC(=O)COc4ccc(Cl)c(F)c4)(CC2)C(O)C3)c1. The first kappa shape index (κ1) is 23.3. The molecule has 3 fully saturated rings. The minimum absolute atomic E-state index is 0.0315. The molecular weight excluding hydrogens is 453 g/mol. The van der Waals surface area contributed by atoms with Crippen LogP contribution in [-0.2, 0) is 4.79 Å². The minimum Gasteiger partial charge on any atom is -0.497 e. The van der Waals surface area contributed by atoms with Crippen molar-refractivity contribution in [3.8, 4) is 11.5 Å². The summed E-state index contributed by atoms with van der Waals surface area (Å²) in [7, 11) is 1.51. The zero-order chi connectivity index (χ0) is 23.6. The molecule has 3 aliphatic carbocycles. The number of aliphatic hydroxyl groups excluding tert-OH is 1. The second kappa shape index (κ2) is 9.15. The lowest BCUT2D eigenvalue weighted by Crippen LogP contribution is -2.70. The van der Waals surface area contributed by atoms with Crippen molar-refractivity contribution in [3.05, 3.63) is 53.1 Å². The fourth-order valence-electron chi connectivity index (χ4n) is 4.66. The van der Waals surface area contributed by atoms with Crippen LogP contribution >= 0.6 is 11.6 Å². The van der Waals surface area contributed by atoms with Gasteiger partial charge < -0.3 is 25.2 Å². The first-order valence-corrected chi connectivity index (χ1v) is 11.0. The highest BCUT2D eigenvalue weighted by molar-refractivity contribution is 6.30. The van der Waals surface area contributed by atoms with Gasteiger partial charge in [0.2, 0.25) is 0 Å². The minimum atomic E-state index is -0.838. The molecule has 1 aromatic carbocycles. The van der Waals surface area contributed by atoms with Crippen molar-refractivity contribution in [2.75, 3.05) is 13.7 Å². The lowest BCUT2D eigenvalue weighted by atomic mass is 9.60. The van der Waals surface area contributed by atoms with E-state index in [9.17, 15) is 19.1 Å². The molecule has 0 radical (unpaired) electrons. The maximum Gasteiger partial charge on any atom is 0.270 e. The predicted octanol–water partition coefficient (Wildman–Crippen LogP) is 2.62. The Morgan fingerprint density at radius 2 is 1.94 bits per heavy atom. The number of rotatable bonds is 7. The van der Waals surface area contributed by atoms with E-state index in [2.05, 4.69) is 15.6 Å². The van der Waals surface area contributed by atoms with E-state index in [1.54, 1.807) is 12.1 Å². The summed E-state index contributed by atoms with van der Waals surface area (Å²) in [5, 5.41) is 16.8. The molecule has 1 aromatic heterocycles. The Morgan fingerprint density at radius 3 is 2.61 bits per heavy atom. The van der Waals surface area contributed by atoms with Gasteiger partial charge in [-0.05, 0) is 50.3 Å². The average Bonchev–Trinajstić information content (AvgIpc) is 2.81.